The van der Waals surface area contributed by atoms with E-state index in [9.17, 15) is 4.79 Å². The molecule has 0 aromatic carbocycles. The van der Waals surface area contributed by atoms with E-state index in [0.29, 0.717) is 31.1 Å². The van der Waals surface area contributed by atoms with Crippen molar-refractivity contribution in [1.82, 2.24) is 15.3 Å². The van der Waals surface area contributed by atoms with Gasteiger partial charge in [-0.2, -0.15) is 0 Å². The number of aromatic amines is 1. The Morgan fingerprint density at radius 1 is 1.62 bits per heavy atom. The van der Waals surface area contributed by atoms with Crippen molar-refractivity contribution in [3.8, 4) is 0 Å². The van der Waals surface area contributed by atoms with Crippen molar-refractivity contribution in [3.05, 3.63) is 27.4 Å². The summed E-state index contributed by atoms with van der Waals surface area (Å²) in [5, 5.41) is 2.93. The molecule has 1 aliphatic rings. The third-order valence-electron chi connectivity index (χ3n) is 1.98. The molecule has 0 atom stereocenters. The molecular weight excluding hydrogens is 170 g/mol. The first-order valence-corrected chi connectivity index (χ1v) is 4.14. The van der Waals surface area contributed by atoms with Crippen LogP contribution in [0.3, 0.4) is 0 Å². The monoisotopic (exact) mass is 181 g/mol. The summed E-state index contributed by atoms with van der Waals surface area (Å²) in [6.07, 6.45) is 0. The molecule has 0 fully saturated rings. The molecule has 2 rings (SSSR count). The Kier molecular flexibility index (Phi) is 2.12. The molecule has 5 heteroatoms. The second kappa shape index (κ2) is 3.27. The molecule has 0 saturated carbocycles. The van der Waals surface area contributed by atoms with E-state index in [4.69, 9.17) is 4.74 Å². The van der Waals surface area contributed by atoms with Crippen LogP contribution < -0.4 is 10.9 Å². The van der Waals surface area contributed by atoms with Crippen LogP contribution >= 0.6 is 0 Å². The van der Waals surface area contributed by atoms with Crippen molar-refractivity contribution in [2.24, 2.45) is 0 Å². The summed E-state index contributed by atoms with van der Waals surface area (Å²) in [5.41, 5.74) is 1.36. The lowest BCUT2D eigenvalue weighted by Crippen LogP contribution is -2.20. The van der Waals surface area contributed by atoms with Crippen LogP contribution in [-0.4, -0.2) is 17.0 Å². The molecule has 2 N–H and O–H groups in total. The predicted octanol–water partition coefficient (Wildman–Crippen LogP) is -0.480. The highest BCUT2D eigenvalue weighted by atomic mass is 16.5. The zero-order valence-corrected chi connectivity index (χ0v) is 7.39. The fraction of sp³-hybridized carbons (Fsp3) is 0.500. The van der Waals surface area contributed by atoms with Crippen LogP contribution in [0.15, 0.2) is 4.79 Å². The van der Waals surface area contributed by atoms with E-state index in [0.717, 1.165) is 5.69 Å². The van der Waals surface area contributed by atoms with Gasteiger partial charge < -0.3 is 15.0 Å². The molecule has 0 spiro atoms. The smallest absolute Gasteiger partial charge is 0.256 e. The molecule has 1 aliphatic heterocycles. The number of fused-ring (bicyclic) bond motifs is 1. The molecule has 0 aliphatic carbocycles. The first-order chi connectivity index (χ1) is 6.31. The van der Waals surface area contributed by atoms with Gasteiger partial charge in [-0.25, -0.2) is 4.98 Å². The molecule has 0 radical (unpaired) electrons. The average Bonchev–Trinajstić information content (AvgIpc) is 2.53. The van der Waals surface area contributed by atoms with Crippen LogP contribution in [0.1, 0.15) is 17.1 Å². The molecule has 70 valence electrons. The molecule has 0 bridgehead atoms. The largest absolute Gasteiger partial charge is 0.370 e. The Bertz CT molecular complexity index is 372. The Morgan fingerprint density at radius 3 is 3.23 bits per heavy atom. The summed E-state index contributed by atoms with van der Waals surface area (Å²) < 4.78 is 5.13. The van der Waals surface area contributed by atoms with Gasteiger partial charge in [-0.15, -0.1) is 0 Å². The summed E-state index contributed by atoms with van der Waals surface area (Å²) in [5.74, 6) is 0.664. The molecular formula is C8H11N3O2. The van der Waals surface area contributed by atoms with E-state index in [-0.39, 0.29) is 5.56 Å². The van der Waals surface area contributed by atoms with Gasteiger partial charge in [-0.05, 0) is 7.05 Å². The predicted molar refractivity (Wildman–Crippen MR) is 46.1 cm³/mol. The van der Waals surface area contributed by atoms with Crippen molar-refractivity contribution < 1.29 is 4.74 Å². The number of aromatic nitrogens is 2. The molecule has 2 heterocycles. The highest BCUT2D eigenvalue weighted by molar-refractivity contribution is 5.19. The number of ether oxygens (including phenoxy) is 1. The molecule has 0 amide bonds. The van der Waals surface area contributed by atoms with Gasteiger partial charge in [0.2, 0.25) is 0 Å². The summed E-state index contributed by atoms with van der Waals surface area (Å²) in [7, 11) is 1.81. The molecule has 0 saturated heterocycles. The van der Waals surface area contributed by atoms with Gasteiger partial charge in [-0.1, -0.05) is 0 Å². The second-order valence-electron chi connectivity index (χ2n) is 2.96. The Labute approximate surface area is 75.1 Å². The van der Waals surface area contributed by atoms with Crippen molar-refractivity contribution in [2.75, 3.05) is 7.05 Å². The molecule has 1 aromatic heterocycles. The molecule has 13 heavy (non-hydrogen) atoms. The third kappa shape index (κ3) is 1.48. The van der Waals surface area contributed by atoms with E-state index >= 15 is 0 Å². The maximum Gasteiger partial charge on any atom is 0.256 e. The van der Waals surface area contributed by atoms with Crippen LogP contribution in [-0.2, 0) is 24.5 Å². The zero-order valence-electron chi connectivity index (χ0n) is 7.39. The molecule has 5 nitrogen and oxygen atoms in total. The quantitative estimate of drug-likeness (QED) is 0.646. The minimum atomic E-state index is -0.0762. The fourth-order valence-corrected chi connectivity index (χ4v) is 1.37. The maximum atomic E-state index is 11.4. The Balaban J connectivity index is 2.44. The van der Waals surface area contributed by atoms with Crippen LogP contribution in [0.2, 0.25) is 0 Å². The number of nitrogens with one attached hydrogen (secondary N) is 2. The lowest BCUT2D eigenvalue weighted by Gasteiger charge is -2.00. The van der Waals surface area contributed by atoms with Gasteiger partial charge in [0.15, 0.2) is 0 Å². The van der Waals surface area contributed by atoms with Crippen LogP contribution in [0.5, 0.6) is 0 Å². The lowest BCUT2D eigenvalue weighted by molar-refractivity contribution is 0.133. The summed E-state index contributed by atoms with van der Waals surface area (Å²) in [4.78, 5) is 18.4. The second-order valence-corrected chi connectivity index (χ2v) is 2.96. The van der Waals surface area contributed by atoms with Gasteiger partial charge in [0.1, 0.15) is 5.82 Å². The van der Waals surface area contributed by atoms with E-state index < -0.39 is 0 Å². The third-order valence-corrected chi connectivity index (χ3v) is 1.98. The molecule has 0 unspecified atom stereocenters. The minimum Gasteiger partial charge on any atom is -0.370 e. The van der Waals surface area contributed by atoms with Gasteiger partial charge >= 0.3 is 0 Å². The van der Waals surface area contributed by atoms with E-state index in [1.54, 1.807) is 0 Å². The highest BCUT2D eigenvalue weighted by Crippen LogP contribution is 2.12. The molecule has 1 aromatic rings. The van der Waals surface area contributed by atoms with Crippen molar-refractivity contribution in [3.63, 3.8) is 0 Å². The first-order valence-electron chi connectivity index (χ1n) is 4.14. The standard InChI is InChI=1S/C8H11N3O2/c1-9-2-7-10-6-4-13-3-5(6)8(12)11-7/h9H,2-4H2,1H3,(H,10,11,12). The number of rotatable bonds is 2. The number of hydrogen-bond acceptors (Lipinski definition) is 4. The first kappa shape index (κ1) is 8.40. The van der Waals surface area contributed by atoms with Gasteiger partial charge in [-0.3, -0.25) is 4.79 Å². The van der Waals surface area contributed by atoms with Gasteiger partial charge in [0, 0.05) is 0 Å². The Hall–Kier alpha value is -1.20. The van der Waals surface area contributed by atoms with Crippen molar-refractivity contribution in [1.29, 1.82) is 0 Å². The van der Waals surface area contributed by atoms with Gasteiger partial charge in [0.05, 0.1) is 31.0 Å². The number of hydrogen-bond donors (Lipinski definition) is 2. The lowest BCUT2D eigenvalue weighted by atomic mass is 10.3. The van der Waals surface area contributed by atoms with Crippen molar-refractivity contribution >= 4 is 0 Å². The topological polar surface area (TPSA) is 67.0 Å². The Morgan fingerprint density at radius 2 is 2.46 bits per heavy atom. The number of H-pyrrole nitrogens is 1. The van der Waals surface area contributed by atoms with Crippen LogP contribution in [0.25, 0.3) is 0 Å². The summed E-state index contributed by atoms with van der Waals surface area (Å²) >= 11 is 0. The zero-order chi connectivity index (χ0) is 9.26. The van der Waals surface area contributed by atoms with E-state index in [2.05, 4.69) is 15.3 Å². The van der Waals surface area contributed by atoms with E-state index in [1.807, 2.05) is 7.05 Å². The minimum absolute atomic E-state index is 0.0762. The van der Waals surface area contributed by atoms with E-state index in [1.165, 1.54) is 0 Å². The van der Waals surface area contributed by atoms with Crippen LogP contribution in [0, 0.1) is 0 Å². The van der Waals surface area contributed by atoms with Gasteiger partial charge in [0.25, 0.3) is 5.56 Å². The van der Waals surface area contributed by atoms with Crippen molar-refractivity contribution in [2.45, 2.75) is 19.8 Å². The normalized spacial score (nSPS) is 14.5. The number of nitrogens with zero attached hydrogens (tertiary/aromatic N) is 1. The SMILES string of the molecule is CNCc1nc2c(c(=O)[nH]1)COC2. The highest BCUT2D eigenvalue weighted by Gasteiger charge is 2.17. The summed E-state index contributed by atoms with van der Waals surface area (Å²) in [6, 6.07) is 0. The fourth-order valence-electron chi connectivity index (χ4n) is 1.37. The maximum absolute atomic E-state index is 11.4. The average molecular weight is 181 g/mol. The summed E-state index contributed by atoms with van der Waals surface area (Å²) in [6.45, 7) is 1.41. The van der Waals surface area contributed by atoms with Crippen LogP contribution in [0.4, 0.5) is 0 Å².